The standard InChI is InChI=1S/C19H24N6O/c1-15(16-7-4-3-5-8-16)24-19(20-11-10-17-9-6-12-26-17)21-13-18-22-14-23-25(18)2/h3-9,12,14-15H,10-11,13H2,1-2H3,(H2,20,21,24). The normalized spacial score (nSPS) is 12.8. The summed E-state index contributed by atoms with van der Waals surface area (Å²) < 4.78 is 7.11. The maximum absolute atomic E-state index is 5.38. The van der Waals surface area contributed by atoms with Gasteiger partial charge in [-0.1, -0.05) is 30.3 Å². The molecule has 136 valence electrons. The van der Waals surface area contributed by atoms with Gasteiger partial charge in [0.25, 0.3) is 0 Å². The number of furan rings is 1. The quantitative estimate of drug-likeness (QED) is 0.504. The van der Waals surface area contributed by atoms with Gasteiger partial charge < -0.3 is 15.1 Å². The van der Waals surface area contributed by atoms with Gasteiger partial charge in [0.1, 0.15) is 24.5 Å². The van der Waals surface area contributed by atoms with Gasteiger partial charge in [-0.2, -0.15) is 5.10 Å². The fraction of sp³-hybridized carbons (Fsp3) is 0.316. The summed E-state index contributed by atoms with van der Waals surface area (Å²) in [5, 5.41) is 10.9. The van der Waals surface area contributed by atoms with Crippen molar-refractivity contribution in [1.82, 2.24) is 25.4 Å². The summed E-state index contributed by atoms with van der Waals surface area (Å²) in [5.41, 5.74) is 1.20. The molecule has 0 spiro atoms. The Morgan fingerprint density at radius 3 is 2.77 bits per heavy atom. The summed E-state index contributed by atoms with van der Waals surface area (Å²) >= 11 is 0. The maximum atomic E-state index is 5.38. The number of nitrogens with zero attached hydrogens (tertiary/aromatic N) is 4. The number of benzene rings is 1. The zero-order valence-corrected chi connectivity index (χ0v) is 15.1. The number of aliphatic imine (C=N–C) groups is 1. The zero-order valence-electron chi connectivity index (χ0n) is 15.1. The Bertz CT molecular complexity index is 810. The lowest BCUT2D eigenvalue weighted by Crippen LogP contribution is -2.39. The van der Waals surface area contributed by atoms with Gasteiger partial charge >= 0.3 is 0 Å². The van der Waals surface area contributed by atoms with Gasteiger partial charge in [-0.15, -0.1) is 0 Å². The second-order valence-electron chi connectivity index (χ2n) is 6.00. The summed E-state index contributed by atoms with van der Waals surface area (Å²) in [7, 11) is 1.86. The number of hydrogen-bond donors (Lipinski definition) is 2. The Morgan fingerprint density at radius 2 is 2.08 bits per heavy atom. The second-order valence-corrected chi connectivity index (χ2v) is 6.00. The highest BCUT2D eigenvalue weighted by atomic mass is 16.3. The van der Waals surface area contributed by atoms with Crippen LogP contribution in [0.1, 0.15) is 30.1 Å². The van der Waals surface area contributed by atoms with E-state index in [-0.39, 0.29) is 6.04 Å². The summed E-state index contributed by atoms with van der Waals surface area (Å²) in [5.74, 6) is 2.49. The lowest BCUT2D eigenvalue weighted by atomic mass is 10.1. The largest absolute Gasteiger partial charge is 0.469 e. The van der Waals surface area contributed by atoms with Crippen LogP contribution >= 0.6 is 0 Å². The van der Waals surface area contributed by atoms with Crippen LogP contribution in [-0.4, -0.2) is 27.3 Å². The first-order valence-electron chi connectivity index (χ1n) is 8.67. The monoisotopic (exact) mass is 352 g/mol. The van der Waals surface area contributed by atoms with Crippen LogP contribution in [0.5, 0.6) is 0 Å². The number of rotatable bonds is 7. The van der Waals surface area contributed by atoms with E-state index in [1.807, 2.05) is 37.4 Å². The average molecular weight is 352 g/mol. The Balaban J connectivity index is 1.64. The molecule has 0 radical (unpaired) electrons. The number of aromatic nitrogens is 3. The maximum Gasteiger partial charge on any atom is 0.192 e. The predicted octanol–water partition coefficient (Wildman–Crippen LogP) is 2.45. The Kier molecular flexibility index (Phi) is 6.03. The molecule has 7 heteroatoms. The molecule has 0 saturated carbocycles. The highest BCUT2D eigenvalue weighted by molar-refractivity contribution is 5.80. The molecule has 0 aliphatic rings. The zero-order chi connectivity index (χ0) is 18.2. The summed E-state index contributed by atoms with van der Waals surface area (Å²) in [6.07, 6.45) is 4.01. The van der Waals surface area contributed by atoms with Crippen molar-refractivity contribution in [3.8, 4) is 0 Å². The van der Waals surface area contributed by atoms with E-state index in [1.165, 1.54) is 11.9 Å². The van der Waals surface area contributed by atoms with Crippen LogP contribution < -0.4 is 10.6 Å². The number of aryl methyl sites for hydroxylation is 1. The van der Waals surface area contributed by atoms with Crippen LogP contribution in [0.15, 0.2) is 64.5 Å². The molecule has 2 N–H and O–H groups in total. The van der Waals surface area contributed by atoms with Crippen molar-refractivity contribution in [2.24, 2.45) is 12.0 Å². The molecule has 1 aromatic carbocycles. The van der Waals surface area contributed by atoms with Gasteiger partial charge in [-0.25, -0.2) is 9.98 Å². The van der Waals surface area contributed by atoms with Crippen LogP contribution in [0.4, 0.5) is 0 Å². The molecule has 0 aliphatic carbocycles. The van der Waals surface area contributed by atoms with Crippen LogP contribution in [0.25, 0.3) is 0 Å². The molecule has 0 bridgehead atoms. The van der Waals surface area contributed by atoms with Crippen molar-refractivity contribution in [2.75, 3.05) is 6.54 Å². The first kappa shape index (κ1) is 17.7. The molecular weight excluding hydrogens is 328 g/mol. The first-order chi connectivity index (χ1) is 12.7. The van der Waals surface area contributed by atoms with Gasteiger partial charge in [-0.05, 0) is 24.6 Å². The van der Waals surface area contributed by atoms with E-state index < -0.39 is 0 Å². The van der Waals surface area contributed by atoms with Crippen molar-refractivity contribution in [3.05, 3.63) is 72.2 Å². The molecule has 1 unspecified atom stereocenters. The van der Waals surface area contributed by atoms with Crippen LogP contribution in [0, 0.1) is 0 Å². The molecular formula is C19H24N6O. The van der Waals surface area contributed by atoms with E-state index in [2.05, 4.69) is 44.8 Å². The van der Waals surface area contributed by atoms with Crippen molar-refractivity contribution in [1.29, 1.82) is 0 Å². The SMILES string of the molecule is CC(NC(=NCc1ncnn1C)NCCc1ccco1)c1ccccc1. The topological polar surface area (TPSA) is 80.3 Å². The lowest BCUT2D eigenvalue weighted by Gasteiger charge is -2.18. The highest BCUT2D eigenvalue weighted by Gasteiger charge is 2.09. The molecule has 3 rings (SSSR count). The smallest absolute Gasteiger partial charge is 0.192 e. The molecule has 7 nitrogen and oxygen atoms in total. The minimum absolute atomic E-state index is 0.130. The van der Waals surface area contributed by atoms with E-state index in [0.29, 0.717) is 6.54 Å². The summed E-state index contributed by atoms with van der Waals surface area (Å²) in [6.45, 7) is 3.29. The van der Waals surface area contributed by atoms with Crippen LogP contribution in [0.3, 0.4) is 0 Å². The molecule has 0 fully saturated rings. The van der Waals surface area contributed by atoms with Crippen molar-refractivity contribution < 1.29 is 4.42 Å². The summed E-state index contributed by atoms with van der Waals surface area (Å²) in [6, 6.07) is 14.3. The minimum atomic E-state index is 0.130. The van der Waals surface area contributed by atoms with Crippen molar-refractivity contribution in [2.45, 2.75) is 25.9 Å². The van der Waals surface area contributed by atoms with E-state index in [0.717, 1.165) is 30.5 Å². The van der Waals surface area contributed by atoms with Gasteiger partial charge in [0.05, 0.1) is 12.3 Å². The average Bonchev–Trinajstić information content (AvgIpc) is 3.32. The molecule has 2 aromatic heterocycles. The molecule has 3 aromatic rings. The number of hydrogen-bond acceptors (Lipinski definition) is 4. The van der Waals surface area contributed by atoms with Crippen LogP contribution in [-0.2, 0) is 20.0 Å². The number of nitrogens with one attached hydrogen (secondary N) is 2. The van der Waals surface area contributed by atoms with Crippen molar-refractivity contribution in [3.63, 3.8) is 0 Å². The third kappa shape index (κ3) is 4.95. The Hall–Kier alpha value is -3.09. The van der Waals surface area contributed by atoms with Gasteiger partial charge in [0.2, 0.25) is 0 Å². The molecule has 0 aliphatic heterocycles. The Labute approximate surface area is 153 Å². The molecule has 0 saturated heterocycles. The van der Waals surface area contributed by atoms with Gasteiger partial charge in [0, 0.05) is 20.0 Å². The van der Waals surface area contributed by atoms with Gasteiger partial charge in [0.15, 0.2) is 5.96 Å². The fourth-order valence-electron chi connectivity index (χ4n) is 2.55. The Morgan fingerprint density at radius 1 is 1.23 bits per heavy atom. The van der Waals surface area contributed by atoms with Crippen LogP contribution in [0.2, 0.25) is 0 Å². The van der Waals surface area contributed by atoms with E-state index >= 15 is 0 Å². The molecule has 0 amide bonds. The van der Waals surface area contributed by atoms with E-state index in [9.17, 15) is 0 Å². The second kappa shape index (κ2) is 8.84. The number of guanidine groups is 1. The van der Waals surface area contributed by atoms with Gasteiger partial charge in [-0.3, -0.25) is 4.68 Å². The first-order valence-corrected chi connectivity index (χ1v) is 8.67. The van der Waals surface area contributed by atoms with E-state index in [1.54, 1.807) is 10.9 Å². The molecule has 26 heavy (non-hydrogen) atoms. The van der Waals surface area contributed by atoms with E-state index in [4.69, 9.17) is 4.42 Å². The lowest BCUT2D eigenvalue weighted by molar-refractivity contribution is 0.506. The predicted molar refractivity (Wildman–Crippen MR) is 101 cm³/mol. The fourth-order valence-corrected chi connectivity index (χ4v) is 2.55. The minimum Gasteiger partial charge on any atom is -0.469 e. The highest BCUT2D eigenvalue weighted by Crippen LogP contribution is 2.11. The molecule has 2 heterocycles. The molecule has 1 atom stereocenters. The van der Waals surface area contributed by atoms with Crippen molar-refractivity contribution >= 4 is 5.96 Å². The summed E-state index contributed by atoms with van der Waals surface area (Å²) in [4.78, 5) is 8.87. The third-order valence-corrected chi connectivity index (χ3v) is 4.08. The third-order valence-electron chi connectivity index (χ3n) is 4.08.